The fourth-order valence-electron chi connectivity index (χ4n) is 3.91. The van der Waals surface area contributed by atoms with E-state index < -0.39 is 0 Å². The zero-order chi connectivity index (χ0) is 7.53. The van der Waals surface area contributed by atoms with Crippen molar-refractivity contribution in [3.05, 3.63) is 0 Å². The first-order valence-electron chi connectivity index (χ1n) is 4.98. The van der Waals surface area contributed by atoms with Crippen molar-refractivity contribution in [2.45, 2.75) is 51.0 Å². The van der Waals surface area contributed by atoms with Crippen LogP contribution in [0.5, 0.6) is 0 Å². The molecule has 0 radical (unpaired) electrons. The fourth-order valence-corrected chi connectivity index (χ4v) is 3.91. The molecule has 3 aliphatic rings. The van der Waals surface area contributed by atoms with E-state index in [4.69, 9.17) is 5.73 Å². The molecule has 1 nitrogen and oxygen atoms in total. The lowest BCUT2D eigenvalue weighted by Crippen LogP contribution is -2.59. The van der Waals surface area contributed by atoms with Gasteiger partial charge < -0.3 is 5.73 Å². The Bertz CT molecular complexity index is 177. The summed E-state index contributed by atoms with van der Waals surface area (Å²) in [5.41, 5.74) is 7.45. The largest absolute Gasteiger partial charge is 0.328 e. The Hall–Kier alpha value is -0.0400. The average molecular weight is 151 g/mol. The van der Waals surface area contributed by atoms with Crippen molar-refractivity contribution in [2.75, 3.05) is 0 Å². The molecule has 0 aliphatic heterocycles. The average Bonchev–Trinajstić information content (AvgIpc) is 1.69. The molecule has 62 valence electrons. The Balaban J connectivity index is 1.63. The van der Waals surface area contributed by atoms with Gasteiger partial charge in [0.05, 0.1) is 0 Å². The molecular weight excluding hydrogens is 134 g/mol. The van der Waals surface area contributed by atoms with E-state index in [1.807, 2.05) is 0 Å². The van der Waals surface area contributed by atoms with Gasteiger partial charge in [0.2, 0.25) is 0 Å². The molecule has 0 aromatic heterocycles. The van der Waals surface area contributed by atoms with E-state index >= 15 is 0 Å². The third-order valence-corrected chi connectivity index (χ3v) is 4.30. The van der Waals surface area contributed by atoms with Gasteiger partial charge in [-0.1, -0.05) is 6.42 Å². The molecule has 0 bridgehead atoms. The summed E-state index contributed by atoms with van der Waals surface area (Å²) in [6.45, 7) is 0. The molecule has 0 atom stereocenters. The molecule has 0 aromatic carbocycles. The summed E-state index contributed by atoms with van der Waals surface area (Å²) < 4.78 is 0. The second-order valence-electron chi connectivity index (χ2n) is 5.38. The van der Waals surface area contributed by atoms with Crippen molar-refractivity contribution in [1.29, 1.82) is 0 Å². The molecule has 3 fully saturated rings. The van der Waals surface area contributed by atoms with Crippen molar-refractivity contribution < 1.29 is 0 Å². The lowest BCUT2D eigenvalue weighted by molar-refractivity contribution is -0.146. The molecule has 11 heavy (non-hydrogen) atoms. The summed E-state index contributed by atoms with van der Waals surface area (Å²) in [5, 5.41) is 0. The molecule has 3 saturated carbocycles. The van der Waals surface area contributed by atoms with Gasteiger partial charge in [0.15, 0.2) is 0 Å². The minimum atomic E-state index is 0.562. The SMILES string of the molecule is NC1CC2(C1)CC1(CCC1)C2. The molecule has 0 saturated heterocycles. The van der Waals surface area contributed by atoms with E-state index in [-0.39, 0.29) is 0 Å². The van der Waals surface area contributed by atoms with Gasteiger partial charge in [-0.05, 0) is 49.4 Å². The monoisotopic (exact) mass is 151 g/mol. The Morgan fingerprint density at radius 2 is 1.64 bits per heavy atom. The van der Waals surface area contributed by atoms with Crippen LogP contribution >= 0.6 is 0 Å². The molecule has 2 N–H and O–H groups in total. The Morgan fingerprint density at radius 3 is 2.00 bits per heavy atom. The quantitative estimate of drug-likeness (QED) is 0.563. The van der Waals surface area contributed by atoms with Crippen LogP contribution in [0, 0.1) is 10.8 Å². The van der Waals surface area contributed by atoms with E-state index in [9.17, 15) is 0 Å². The normalized spacial score (nSPS) is 37.9. The van der Waals surface area contributed by atoms with Crippen molar-refractivity contribution in [3.63, 3.8) is 0 Å². The van der Waals surface area contributed by atoms with Crippen molar-refractivity contribution in [2.24, 2.45) is 16.6 Å². The van der Waals surface area contributed by atoms with Crippen LogP contribution in [0.15, 0.2) is 0 Å². The highest BCUT2D eigenvalue weighted by Crippen LogP contribution is 2.70. The highest BCUT2D eigenvalue weighted by Gasteiger charge is 2.60. The van der Waals surface area contributed by atoms with Gasteiger partial charge in [-0.25, -0.2) is 0 Å². The maximum absolute atomic E-state index is 5.81. The minimum Gasteiger partial charge on any atom is -0.328 e. The number of hydrogen-bond donors (Lipinski definition) is 1. The molecule has 0 heterocycles. The van der Waals surface area contributed by atoms with Gasteiger partial charge in [-0.15, -0.1) is 0 Å². The van der Waals surface area contributed by atoms with Gasteiger partial charge in [0, 0.05) is 6.04 Å². The predicted molar refractivity (Wildman–Crippen MR) is 45.2 cm³/mol. The first-order chi connectivity index (χ1) is 5.22. The Labute approximate surface area is 68.3 Å². The Morgan fingerprint density at radius 1 is 1.00 bits per heavy atom. The highest BCUT2D eigenvalue weighted by molar-refractivity contribution is 5.12. The first kappa shape index (κ1) is 6.47. The summed E-state index contributed by atoms with van der Waals surface area (Å²) >= 11 is 0. The molecule has 1 heteroatoms. The number of hydrogen-bond acceptors (Lipinski definition) is 1. The lowest BCUT2D eigenvalue weighted by atomic mass is 9.39. The maximum atomic E-state index is 5.81. The van der Waals surface area contributed by atoms with Crippen LogP contribution in [-0.4, -0.2) is 6.04 Å². The highest BCUT2D eigenvalue weighted by atomic mass is 14.8. The van der Waals surface area contributed by atoms with Crippen LogP contribution in [0.2, 0.25) is 0 Å². The van der Waals surface area contributed by atoms with Crippen LogP contribution in [-0.2, 0) is 0 Å². The van der Waals surface area contributed by atoms with Crippen molar-refractivity contribution in [3.8, 4) is 0 Å². The van der Waals surface area contributed by atoms with E-state index in [0.29, 0.717) is 6.04 Å². The zero-order valence-electron chi connectivity index (χ0n) is 7.10. The van der Waals surface area contributed by atoms with Gasteiger partial charge in [0.25, 0.3) is 0 Å². The third-order valence-electron chi connectivity index (χ3n) is 4.30. The minimum absolute atomic E-state index is 0.562. The Kier molecular flexibility index (Phi) is 0.976. The molecule has 0 unspecified atom stereocenters. The second kappa shape index (κ2) is 1.66. The van der Waals surface area contributed by atoms with Gasteiger partial charge in [-0.3, -0.25) is 0 Å². The predicted octanol–water partition coefficient (Wildman–Crippen LogP) is 2.06. The third kappa shape index (κ3) is 0.703. The van der Waals surface area contributed by atoms with Crippen LogP contribution in [0.1, 0.15) is 44.9 Å². The van der Waals surface area contributed by atoms with Crippen LogP contribution in [0.4, 0.5) is 0 Å². The van der Waals surface area contributed by atoms with E-state index in [2.05, 4.69) is 0 Å². The first-order valence-corrected chi connectivity index (χ1v) is 4.98. The summed E-state index contributed by atoms with van der Waals surface area (Å²) in [6.07, 6.45) is 10.3. The number of rotatable bonds is 0. The molecular formula is C10H17N. The second-order valence-corrected chi connectivity index (χ2v) is 5.38. The van der Waals surface area contributed by atoms with E-state index in [0.717, 1.165) is 10.8 Å². The van der Waals surface area contributed by atoms with Crippen LogP contribution in [0.3, 0.4) is 0 Å². The summed E-state index contributed by atoms with van der Waals surface area (Å²) in [5.74, 6) is 0. The molecule has 2 spiro atoms. The van der Waals surface area contributed by atoms with E-state index in [1.54, 1.807) is 0 Å². The maximum Gasteiger partial charge on any atom is 0.00494 e. The van der Waals surface area contributed by atoms with Crippen LogP contribution < -0.4 is 5.73 Å². The van der Waals surface area contributed by atoms with Gasteiger partial charge in [0.1, 0.15) is 0 Å². The molecule has 0 amide bonds. The topological polar surface area (TPSA) is 26.0 Å². The van der Waals surface area contributed by atoms with E-state index in [1.165, 1.54) is 44.9 Å². The molecule has 0 aromatic rings. The molecule has 3 rings (SSSR count). The standard InChI is InChI=1S/C10H17N/c11-8-4-10(5-8)6-9(7-10)2-1-3-9/h8H,1-7,11H2. The smallest absolute Gasteiger partial charge is 0.00494 e. The number of nitrogens with two attached hydrogens (primary N) is 1. The molecule has 3 aliphatic carbocycles. The van der Waals surface area contributed by atoms with Gasteiger partial charge in [-0.2, -0.15) is 0 Å². The van der Waals surface area contributed by atoms with Crippen molar-refractivity contribution in [1.82, 2.24) is 0 Å². The van der Waals surface area contributed by atoms with Crippen molar-refractivity contribution >= 4 is 0 Å². The van der Waals surface area contributed by atoms with Crippen LogP contribution in [0.25, 0.3) is 0 Å². The van der Waals surface area contributed by atoms with Gasteiger partial charge >= 0.3 is 0 Å². The summed E-state index contributed by atoms with van der Waals surface area (Å²) in [4.78, 5) is 0. The lowest BCUT2D eigenvalue weighted by Gasteiger charge is -2.66. The summed E-state index contributed by atoms with van der Waals surface area (Å²) in [6, 6.07) is 0.562. The fraction of sp³-hybridized carbons (Fsp3) is 1.00. The zero-order valence-corrected chi connectivity index (χ0v) is 7.10. The summed E-state index contributed by atoms with van der Waals surface area (Å²) in [7, 11) is 0.